The van der Waals surface area contributed by atoms with E-state index in [1.807, 2.05) is 30.3 Å². The lowest BCUT2D eigenvalue weighted by atomic mass is 10.00. The van der Waals surface area contributed by atoms with Gasteiger partial charge in [-0.2, -0.15) is 0 Å². The monoisotopic (exact) mass is 534 g/mol. The number of piperidine rings is 1. The summed E-state index contributed by atoms with van der Waals surface area (Å²) in [6, 6.07) is 10.9. The van der Waals surface area contributed by atoms with Crippen LogP contribution in [-0.2, 0) is 15.9 Å². The molecule has 4 rings (SSSR count). The molecule has 0 radical (unpaired) electrons. The number of carbonyl (C=O) groups is 2. The fourth-order valence-electron chi connectivity index (χ4n) is 4.75. The highest BCUT2D eigenvalue weighted by Gasteiger charge is 2.33. The molecule has 2 unspecified atom stereocenters. The molecule has 0 saturated carbocycles. The standard InChI is InChI=1S/C26H33ClN4O5.H2O/c1-3-35-26(33)31(17-7-5-4-6-8-17)13-12-30-11-9-21(22(16-30)34-2)29-25(32)19-15-20(27)23(28)18-10-14-36-24(18)19;/h4-8,15,21-22H,3,9-14,16,28H2,1-2H3,(H,29,32);1H2. The number of benzene rings is 2. The molecule has 0 bridgehead atoms. The van der Waals surface area contributed by atoms with E-state index >= 15 is 0 Å². The number of ether oxygens (including phenoxy) is 3. The second kappa shape index (κ2) is 13.0. The van der Waals surface area contributed by atoms with Gasteiger partial charge in [0, 0.05) is 51.0 Å². The van der Waals surface area contributed by atoms with Gasteiger partial charge in [0.2, 0.25) is 0 Å². The molecule has 2 aromatic carbocycles. The number of hydrogen-bond donors (Lipinski definition) is 2. The van der Waals surface area contributed by atoms with Crippen molar-refractivity contribution in [3.05, 3.63) is 52.5 Å². The van der Waals surface area contributed by atoms with Gasteiger partial charge in [-0.1, -0.05) is 29.8 Å². The highest BCUT2D eigenvalue weighted by molar-refractivity contribution is 6.33. The molecule has 2 aliphatic rings. The van der Waals surface area contributed by atoms with Gasteiger partial charge in [0.1, 0.15) is 5.75 Å². The highest BCUT2D eigenvalue weighted by atomic mass is 35.5. The van der Waals surface area contributed by atoms with E-state index in [1.165, 1.54) is 0 Å². The number of rotatable bonds is 8. The topological polar surface area (TPSA) is 138 Å². The maximum absolute atomic E-state index is 13.2. The Morgan fingerprint density at radius 2 is 2.05 bits per heavy atom. The molecule has 2 aliphatic heterocycles. The third-order valence-corrected chi connectivity index (χ3v) is 6.99. The lowest BCUT2D eigenvalue weighted by molar-refractivity contribution is 0.00720. The number of nitrogens with zero attached hydrogens (tertiary/aromatic N) is 2. The van der Waals surface area contributed by atoms with E-state index in [4.69, 9.17) is 31.5 Å². The molecular formula is C26H35ClN4O6. The maximum Gasteiger partial charge on any atom is 0.414 e. The minimum atomic E-state index is -0.369. The Bertz CT molecular complexity index is 1090. The van der Waals surface area contributed by atoms with Crippen LogP contribution in [0.15, 0.2) is 36.4 Å². The number of methoxy groups -OCH3 is 1. The highest BCUT2D eigenvalue weighted by Crippen LogP contribution is 2.38. The lowest BCUT2D eigenvalue weighted by Crippen LogP contribution is -2.55. The molecule has 1 saturated heterocycles. The van der Waals surface area contributed by atoms with Crippen LogP contribution in [0, 0.1) is 0 Å². The summed E-state index contributed by atoms with van der Waals surface area (Å²) in [5, 5.41) is 3.46. The fourth-order valence-corrected chi connectivity index (χ4v) is 4.97. The number of likely N-dealkylation sites (tertiary alicyclic amines) is 1. The van der Waals surface area contributed by atoms with Crippen molar-refractivity contribution in [2.24, 2.45) is 0 Å². The van der Waals surface area contributed by atoms with Crippen LogP contribution < -0.4 is 20.7 Å². The zero-order valence-corrected chi connectivity index (χ0v) is 21.9. The number of hydrogen-bond acceptors (Lipinski definition) is 7. The normalized spacial score (nSPS) is 18.8. The Kier molecular flexibility index (Phi) is 9.99. The predicted molar refractivity (Wildman–Crippen MR) is 143 cm³/mol. The van der Waals surface area contributed by atoms with Crippen molar-refractivity contribution in [2.45, 2.75) is 31.9 Å². The van der Waals surface area contributed by atoms with Crippen molar-refractivity contribution in [2.75, 3.05) is 57.1 Å². The number of fused-ring (bicyclic) bond motifs is 1. The van der Waals surface area contributed by atoms with Crippen LogP contribution in [0.25, 0.3) is 0 Å². The largest absolute Gasteiger partial charge is 0.492 e. The van der Waals surface area contributed by atoms with E-state index in [0.29, 0.717) is 67.7 Å². The first-order chi connectivity index (χ1) is 17.4. The predicted octanol–water partition coefficient (Wildman–Crippen LogP) is 2.51. The Labute approximate surface area is 221 Å². The first-order valence-corrected chi connectivity index (χ1v) is 12.6. The summed E-state index contributed by atoms with van der Waals surface area (Å²) >= 11 is 6.28. The molecule has 1 fully saturated rings. The molecule has 2 heterocycles. The minimum absolute atomic E-state index is 0. The molecule has 0 aliphatic carbocycles. The second-order valence-corrected chi connectivity index (χ2v) is 9.26. The Morgan fingerprint density at radius 1 is 1.30 bits per heavy atom. The zero-order chi connectivity index (χ0) is 25.7. The first kappa shape index (κ1) is 28.5. The van der Waals surface area contributed by atoms with Crippen LogP contribution in [0.2, 0.25) is 5.02 Å². The fraction of sp³-hybridized carbons (Fsp3) is 0.462. The SMILES string of the molecule is CCOC(=O)N(CCN1CCC(NC(=O)c2cc(Cl)c(N)c3c2OCC3)C(OC)C1)c1ccccc1.O. The van der Waals surface area contributed by atoms with Crippen molar-refractivity contribution in [3.8, 4) is 5.75 Å². The van der Waals surface area contributed by atoms with Gasteiger partial charge in [-0.15, -0.1) is 0 Å². The average molecular weight is 535 g/mol. The molecular weight excluding hydrogens is 500 g/mol. The average Bonchev–Trinajstić information content (AvgIpc) is 3.38. The third-order valence-electron chi connectivity index (χ3n) is 6.67. The van der Waals surface area contributed by atoms with E-state index in [0.717, 1.165) is 17.8 Å². The van der Waals surface area contributed by atoms with Crippen LogP contribution in [-0.4, -0.2) is 81.0 Å². The number of carbonyl (C=O) groups excluding carboxylic acids is 2. The lowest BCUT2D eigenvalue weighted by Gasteiger charge is -2.38. The van der Waals surface area contributed by atoms with Gasteiger partial charge in [-0.25, -0.2) is 4.79 Å². The van der Waals surface area contributed by atoms with Crippen molar-refractivity contribution in [3.63, 3.8) is 0 Å². The molecule has 10 nitrogen and oxygen atoms in total. The van der Waals surface area contributed by atoms with Crippen LogP contribution in [0.1, 0.15) is 29.3 Å². The molecule has 11 heteroatoms. The van der Waals surface area contributed by atoms with E-state index in [9.17, 15) is 9.59 Å². The van der Waals surface area contributed by atoms with Crippen molar-refractivity contribution >= 4 is 35.0 Å². The third kappa shape index (κ3) is 6.45. The van der Waals surface area contributed by atoms with Crippen LogP contribution in [0.5, 0.6) is 5.75 Å². The number of amides is 2. The number of nitrogens with one attached hydrogen (secondary N) is 1. The molecule has 37 heavy (non-hydrogen) atoms. The van der Waals surface area contributed by atoms with Crippen molar-refractivity contribution < 1.29 is 29.3 Å². The number of nitrogens with two attached hydrogens (primary N) is 1. The molecule has 2 atom stereocenters. The number of anilines is 2. The summed E-state index contributed by atoms with van der Waals surface area (Å²) < 4.78 is 16.7. The van der Waals surface area contributed by atoms with E-state index in [-0.39, 0.29) is 29.6 Å². The number of para-hydroxylation sites is 1. The van der Waals surface area contributed by atoms with Gasteiger partial charge in [-0.3, -0.25) is 14.6 Å². The minimum Gasteiger partial charge on any atom is -0.492 e. The molecule has 2 amide bonds. The van der Waals surface area contributed by atoms with Crippen LogP contribution in [0.3, 0.4) is 0 Å². The van der Waals surface area contributed by atoms with Gasteiger partial charge in [0.05, 0.1) is 41.6 Å². The van der Waals surface area contributed by atoms with Gasteiger partial charge < -0.3 is 30.7 Å². The van der Waals surface area contributed by atoms with Crippen LogP contribution >= 0.6 is 11.6 Å². The summed E-state index contributed by atoms with van der Waals surface area (Å²) in [7, 11) is 1.64. The van der Waals surface area contributed by atoms with Crippen molar-refractivity contribution in [1.29, 1.82) is 0 Å². The summed E-state index contributed by atoms with van der Waals surface area (Å²) in [6.07, 6.45) is 0.743. The van der Waals surface area contributed by atoms with Gasteiger partial charge >= 0.3 is 6.09 Å². The van der Waals surface area contributed by atoms with E-state index in [1.54, 1.807) is 25.0 Å². The molecule has 5 N–H and O–H groups in total. The number of halogens is 1. The van der Waals surface area contributed by atoms with E-state index < -0.39 is 0 Å². The number of nitrogen functional groups attached to an aromatic ring is 1. The summed E-state index contributed by atoms with van der Waals surface area (Å²) in [5.41, 5.74) is 8.51. The molecule has 0 aromatic heterocycles. The van der Waals surface area contributed by atoms with E-state index in [2.05, 4.69) is 10.2 Å². The zero-order valence-electron chi connectivity index (χ0n) is 21.2. The van der Waals surface area contributed by atoms with Crippen LogP contribution in [0.4, 0.5) is 16.2 Å². The van der Waals surface area contributed by atoms with Crippen molar-refractivity contribution in [1.82, 2.24) is 10.2 Å². The Morgan fingerprint density at radius 3 is 2.76 bits per heavy atom. The Hall–Kier alpha value is -3.05. The van der Waals surface area contributed by atoms with Gasteiger partial charge in [-0.05, 0) is 31.5 Å². The second-order valence-electron chi connectivity index (χ2n) is 8.86. The summed E-state index contributed by atoms with van der Waals surface area (Å²) in [4.78, 5) is 29.6. The quantitative estimate of drug-likeness (QED) is 0.496. The summed E-state index contributed by atoms with van der Waals surface area (Å²) in [5.74, 6) is 0.258. The molecule has 0 spiro atoms. The molecule has 2 aromatic rings. The molecule has 202 valence electrons. The smallest absolute Gasteiger partial charge is 0.414 e. The summed E-state index contributed by atoms with van der Waals surface area (Å²) in [6.45, 7) is 5.06. The Balaban J connectivity index is 0.00000380. The van der Waals surface area contributed by atoms with Gasteiger partial charge in [0.15, 0.2) is 0 Å². The van der Waals surface area contributed by atoms with Gasteiger partial charge in [0.25, 0.3) is 5.91 Å². The maximum atomic E-state index is 13.2. The first-order valence-electron chi connectivity index (χ1n) is 12.2.